The molecular weight excluding hydrogens is 482 g/mol. The average Bonchev–Trinajstić information content (AvgIpc) is 3.55. The Balaban J connectivity index is 1.20. The van der Waals surface area contributed by atoms with E-state index in [4.69, 9.17) is 9.47 Å². The molecule has 2 fully saturated rings. The van der Waals surface area contributed by atoms with Gasteiger partial charge in [0.15, 0.2) is 0 Å². The first-order chi connectivity index (χ1) is 18.9. The Kier molecular flexibility index (Phi) is 10.9. The fourth-order valence-corrected chi connectivity index (χ4v) is 5.36. The highest BCUT2D eigenvalue weighted by Gasteiger charge is 2.19. The third-order valence-corrected chi connectivity index (χ3v) is 7.54. The van der Waals surface area contributed by atoms with Gasteiger partial charge in [-0.1, -0.05) is 65.3 Å². The third-order valence-electron chi connectivity index (χ3n) is 7.54. The van der Waals surface area contributed by atoms with Crippen molar-refractivity contribution in [2.45, 2.75) is 91.5 Å². The van der Waals surface area contributed by atoms with E-state index in [0.29, 0.717) is 0 Å². The van der Waals surface area contributed by atoms with Crippen LogP contribution in [0.4, 0.5) is 0 Å². The molecule has 0 amide bonds. The summed E-state index contributed by atoms with van der Waals surface area (Å²) in [4.78, 5) is 4.64. The predicted octanol–water partition coefficient (Wildman–Crippen LogP) is 8.12. The first-order valence-corrected chi connectivity index (χ1v) is 14.4. The van der Waals surface area contributed by atoms with E-state index in [-0.39, 0.29) is 18.8 Å². The molecule has 1 aromatic heterocycles. The minimum absolute atomic E-state index is 0.0298. The van der Waals surface area contributed by atoms with E-state index < -0.39 is 0 Å². The number of nitrogens with zero attached hydrogens (tertiary/aromatic N) is 1. The summed E-state index contributed by atoms with van der Waals surface area (Å²) in [6.07, 6.45) is 19.1. The minimum atomic E-state index is -0.0298. The zero-order valence-electron chi connectivity index (χ0n) is 24.2. The Hall–Kier alpha value is -2.79. The zero-order chi connectivity index (χ0) is 27.6. The normalized spacial score (nSPS) is 22.4. The number of hydrogen-bond donors (Lipinski definition) is 1. The van der Waals surface area contributed by atoms with Crippen molar-refractivity contribution in [3.63, 3.8) is 0 Å². The van der Waals surface area contributed by atoms with Crippen LogP contribution in [0.1, 0.15) is 77.5 Å². The van der Waals surface area contributed by atoms with Crippen LogP contribution in [0.25, 0.3) is 10.9 Å². The molecule has 1 aromatic carbocycles. The molecule has 208 valence electrons. The van der Waals surface area contributed by atoms with Gasteiger partial charge in [0.2, 0.25) is 0 Å². The summed E-state index contributed by atoms with van der Waals surface area (Å²) in [5, 5.41) is 10.9. The van der Waals surface area contributed by atoms with Gasteiger partial charge in [0.25, 0.3) is 0 Å². The van der Waals surface area contributed by atoms with Crippen molar-refractivity contribution in [2.24, 2.45) is 0 Å². The lowest BCUT2D eigenvalue weighted by molar-refractivity contribution is 0.148. The molecule has 4 rings (SSSR count). The molecule has 1 N–H and O–H groups in total. The van der Waals surface area contributed by atoms with Gasteiger partial charge in [-0.3, -0.25) is 4.98 Å². The number of hydrogen-bond acceptors (Lipinski definition) is 4. The second-order valence-corrected chi connectivity index (χ2v) is 11.4. The van der Waals surface area contributed by atoms with Crippen molar-refractivity contribution in [2.75, 3.05) is 13.2 Å². The fraction of sp³-hybridized carbons (Fsp3) is 0.457. The summed E-state index contributed by atoms with van der Waals surface area (Å²) < 4.78 is 11.9. The van der Waals surface area contributed by atoms with Gasteiger partial charge in [-0.15, -0.1) is 0 Å². The Labute approximate surface area is 234 Å². The van der Waals surface area contributed by atoms with Gasteiger partial charge < -0.3 is 14.6 Å². The van der Waals surface area contributed by atoms with Gasteiger partial charge in [0, 0.05) is 18.2 Å². The number of allylic oxidation sites excluding steroid dienone is 6. The first-order valence-electron chi connectivity index (χ1n) is 14.4. The molecule has 2 aliphatic rings. The summed E-state index contributed by atoms with van der Waals surface area (Å²) in [5.74, 6) is 0. The molecule has 2 aromatic rings. The predicted molar refractivity (Wildman–Crippen MR) is 162 cm³/mol. The molecule has 2 saturated heterocycles. The molecule has 0 radical (unpaired) electrons. The lowest BCUT2D eigenvalue weighted by Gasteiger charge is -2.08. The number of benzene rings is 1. The number of ether oxygens (including phenoxy) is 2. The maximum Gasteiger partial charge on any atom is 0.0856 e. The minimum Gasteiger partial charge on any atom is -0.390 e. The van der Waals surface area contributed by atoms with Crippen LogP contribution in [-0.2, 0) is 22.5 Å². The van der Waals surface area contributed by atoms with Gasteiger partial charge in [-0.25, -0.2) is 0 Å². The monoisotopic (exact) mass is 527 g/mol. The molecule has 0 saturated carbocycles. The van der Waals surface area contributed by atoms with E-state index in [2.05, 4.69) is 75.2 Å². The Morgan fingerprint density at radius 2 is 1.54 bits per heavy atom. The van der Waals surface area contributed by atoms with Gasteiger partial charge in [0.1, 0.15) is 0 Å². The summed E-state index contributed by atoms with van der Waals surface area (Å²) in [6, 6.07) is 10.2. The SMILES string of the molecule is CC(C)=CC1C/C(=C/CC/C(C)=C/C2C/C(=C/CC/C(C)=C/Cc3cc4ccccc4nc3CO)CO2)CO1. The van der Waals surface area contributed by atoms with Gasteiger partial charge in [-0.2, -0.15) is 0 Å². The van der Waals surface area contributed by atoms with Crippen LogP contribution in [0.5, 0.6) is 0 Å². The van der Waals surface area contributed by atoms with Gasteiger partial charge in [-0.05, 0) is 88.6 Å². The van der Waals surface area contributed by atoms with Crippen molar-refractivity contribution < 1.29 is 14.6 Å². The number of pyridine rings is 1. The lowest BCUT2D eigenvalue weighted by Crippen LogP contribution is -2.00. The molecule has 4 nitrogen and oxygen atoms in total. The van der Waals surface area contributed by atoms with E-state index in [1.165, 1.54) is 27.9 Å². The molecule has 3 heterocycles. The van der Waals surface area contributed by atoms with E-state index >= 15 is 0 Å². The van der Waals surface area contributed by atoms with Crippen LogP contribution in [0.2, 0.25) is 0 Å². The Morgan fingerprint density at radius 3 is 2.21 bits per heavy atom. The molecule has 0 aliphatic carbocycles. The van der Waals surface area contributed by atoms with Crippen molar-refractivity contribution in [1.82, 2.24) is 4.98 Å². The largest absolute Gasteiger partial charge is 0.390 e. The van der Waals surface area contributed by atoms with Gasteiger partial charge in [0.05, 0.1) is 43.2 Å². The summed E-state index contributed by atoms with van der Waals surface area (Å²) in [7, 11) is 0. The number of aliphatic hydroxyl groups excluding tert-OH is 1. The average molecular weight is 528 g/mol. The van der Waals surface area contributed by atoms with E-state index in [1.807, 2.05) is 18.2 Å². The number of aliphatic hydroxyl groups is 1. The molecule has 2 unspecified atom stereocenters. The highest BCUT2D eigenvalue weighted by molar-refractivity contribution is 5.79. The molecule has 2 atom stereocenters. The van der Waals surface area contributed by atoms with Crippen molar-refractivity contribution in [3.05, 3.63) is 99.8 Å². The molecular formula is C35H45NO3. The van der Waals surface area contributed by atoms with Crippen LogP contribution in [-0.4, -0.2) is 35.5 Å². The number of aromatic nitrogens is 1. The molecule has 2 aliphatic heterocycles. The molecule has 39 heavy (non-hydrogen) atoms. The fourth-order valence-electron chi connectivity index (χ4n) is 5.36. The van der Waals surface area contributed by atoms with Crippen LogP contribution in [0.15, 0.2) is 88.6 Å². The topological polar surface area (TPSA) is 51.6 Å². The first kappa shape index (κ1) is 29.2. The third kappa shape index (κ3) is 9.13. The highest BCUT2D eigenvalue weighted by Crippen LogP contribution is 2.25. The molecule has 0 spiro atoms. The quantitative estimate of drug-likeness (QED) is 0.300. The van der Waals surface area contributed by atoms with Crippen LogP contribution >= 0.6 is 0 Å². The molecule has 0 bridgehead atoms. The summed E-state index contributed by atoms with van der Waals surface area (Å²) in [6.45, 7) is 10.2. The summed E-state index contributed by atoms with van der Waals surface area (Å²) >= 11 is 0. The summed E-state index contributed by atoms with van der Waals surface area (Å²) in [5.41, 5.74) is 9.74. The number of fused-ring (bicyclic) bond motifs is 1. The van der Waals surface area contributed by atoms with E-state index in [9.17, 15) is 5.11 Å². The maximum absolute atomic E-state index is 9.79. The second kappa shape index (κ2) is 14.6. The van der Waals surface area contributed by atoms with Crippen LogP contribution < -0.4 is 0 Å². The molecule has 4 heteroatoms. The lowest BCUT2D eigenvalue weighted by atomic mass is 10.0. The Morgan fingerprint density at radius 1 is 0.897 bits per heavy atom. The standard InChI is InChI=1S/C35H45NO3/c1-25(2)17-32-19-28(23-38-32)12-8-10-27(4)18-33-20-29(24-39-33)11-7-9-26(3)15-16-31-21-30-13-5-6-14-34(30)36-35(31)22-37/h5-6,11-15,17-18,21,32-33,37H,7-10,16,19-20,22-24H2,1-4H3/b26-15+,27-18+,28-12-,29-11-. The highest BCUT2D eigenvalue weighted by atomic mass is 16.5. The van der Waals surface area contributed by atoms with Crippen LogP contribution in [0, 0.1) is 0 Å². The van der Waals surface area contributed by atoms with Gasteiger partial charge >= 0.3 is 0 Å². The van der Waals surface area contributed by atoms with E-state index in [0.717, 1.165) is 80.3 Å². The van der Waals surface area contributed by atoms with Crippen molar-refractivity contribution >= 4 is 10.9 Å². The van der Waals surface area contributed by atoms with Crippen molar-refractivity contribution in [1.29, 1.82) is 0 Å². The van der Waals surface area contributed by atoms with Crippen LogP contribution in [0.3, 0.4) is 0 Å². The van der Waals surface area contributed by atoms with E-state index in [1.54, 1.807) is 0 Å². The maximum atomic E-state index is 9.79. The smallest absolute Gasteiger partial charge is 0.0856 e. The Bertz CT molecular complexity index is 1280. The zero-order valence-corrected chi connectivity index (χ0v) is 24.2. The number of para-hydroxylation sites is 1. The second-order valence-electron chi connectivity index (χ2n) is 11.4. The van der Waals surface area contributed by atoms with Crippen molar-refractivity contribution in [3.8, 4) is 0 Å². The number of rotatable bonds is 11.